The lowest BCUT2D eigenvalue weighted by molar-refractivity contribution is 0.309. The normalized spacial score (nSPS) is 11.8. The Bertz CT molecular complexity index is 671. The first kappa shape index (κ1) is 18.1. The molecule has 0 amide bonds. The van der Waals surface area contributed by atoms with Crippen molar-refractivity contribution in [2.24, 2.45) is 15.9 Å². The van der Waals surface area contributed by atoms with Crippen molar-refractivity contribution in [1.82, 2.24) is 0 Å². The van der Waals surface area contributed by atoms with Gasteiger partial charge in [0.1, 0.15) is 5.75 Å². The highest BCUT2D eigenvalue weighted by atomic mass is 32.2. The number of hydrogen-bond donors (Lipinski definition) is 1. The largest absolute Gasteiger partial charge is 0.494 e. The standard InChI is InChI=1S/C19H23N3OS/c1-2-3-12-23-18-11-7-10-17(13-18)14-21-22-19(20)24-15-16-8-5-4-6-9-16/h4-11,13-14H,2-3,12,15H2,1H3,(H2,20,22). The Hall–Kier alpha value is -2.27. The zero-order valence-corrected chi connectivity index (χ0v) is 14.7. The molecule has 2 aromatic rings. The van der Waals surface area contributed by atoms with Gasteiger partial charge < -0.3 is 10.5 Å². The second-order valence-electron chi connectivity index (χ2n) is 5.23. The van der Waals surface area contributed by atoms with Gasteiger partial charge in [0.05, 0.1) is 12.8 Å². The molecule has 0 heterocycles. The van der Waals surface area contributed by atoms with Crippen LogP contribution in [-0.4, -0.2) is 18.0 Å². The van der Waals surface area contributed by atoms with Gasteiger partial charge in [0.2, 0.25) is 0 Å². The molecule has 4 nitrogen and oxygen atoms in total. The zero-order valence-electron chi connectivity index (χ0n) is 13.9. The van der Waals surface area contributed by atoms with E-state index in [0.29, 0.717) is 5.17 Å². The molecule has 126 valence electrons. The van der Waals surface area contributed by atoms with Gasteiger partial charge in [0.15, 0.2) is 5.17 Å². The summed E-state index contributed by atoms with van der Waals surface area (Å²) in [6.07, 6.45) is 3.86. The molecule has 0 saturated heterocycles. The lowest BCUT2D eigenvalue weighted by atomic mass is 10.2. The summed E-state index contributed by atoms with van der Waals surface area (Å²) in [5.41, 5.74) is 8.02. The van der Waals surface area contributed by atoms with Gasteiger partial charge in [-0.1, -0.05) is 67.6 Å². The quantitative estimate of drug-likeness (QED) is 0.334. The molecule has 0 fully saturated rings. The molecular formula is C19H23N3OS. The molecule has 2 N–H and O–H groups in total. The number of hydrogen-bond acceptors (Lipinski definition) is 4. The SMILES string of the molecule is CCCCOc1cccc(C=NN=C(N)SCc2ccccc2)c1. The van der Waals surface area contributed by atoms with Crippen molar-refractivity contribution in [2.45, 2.75) is 25.5 Å². The van der Waals surface area contributed by atoms with Crippen LogP contribution in [-0.2, 0) is 5.75 Å². The highest BCUT2D eigenvalue weighted by Crippen LogP contribution is 2.13. The van der Waals surface area contributed by atoms with Gasteiger partial charge in [-0.15, -0.1) is 5.10 Å². The zero-order chi connectivity index (χ0) is 17.0. The molecule has 0 aliphatic carbocycles. The van der Waals surface area contributed by atoms with Crippen molar-refractivity contribution >= 4 is 23.1 Å². The predicted octanol–water partition coefficient (Wildman–Crippen LogP) is 4.45. The van der Waals surface area contributed by atoms with Gasteiger partial charge in [-0.3, -0.25) is 0 Å². The van der Waals surface area contributed by atoms with Crippen LogP contribution in [0.1, 0.15) is 30.9 Å². The van der Waals surface area contributed by atoms with Gasteiger partial charge in [0.25, 0.3) is 0 Å². The van der Waals surface area contributed by atoms with Crippen molar-refractivity contribution in [2.75, 3.05) is 6.61 Å². The number of benzene rings is 2. The number of nitrogens with zero attached hydrogens (tertiary/aromatic N) is 2. The van der Waals surface area contributed by atoms with Crippen molar-refractivity contribution in [3.05, 3.63) is 65.7 Å². The van der Waals surface area contributed by atoms with Crippen LogP contribution in [0.15, 0.2) is 64.8 Å². The van der Waals surface area contributed by atoms with Crippen molar-refractivity contribution < 1.29 is 4.74 Å². The fraction of sp³-hybridized carbons (Fsp3) is 0.263. The maximum atomic E-state index is 5.87. The van der Waals surface area contributed by atoms with Crippen LogP contribution in [0.5, 0.6) is 5.75 Å². The Balaban J connectivity index is 1.84. The van der Waals surface area contributed by atoms with E-state index in [-0.39, 0.29) is 0 Å². The number of thioether (sulfide) groups is 1. The topological polar surface area (TPSA) is 60.0 Å². The summed E-state index contributed by atoms with van der Waals surface area (Å²) < 4.78 is 5.68. The minimum atomic E-state index is 0.449. The lowest BCUT2D eigenvalue weighted by Crippen LogP contribution is -2.06. The molecule has 5 heteroatoms. The molecule has 0 aliphatic rings. The van der Waals surface area contributed by atoms with Crippen LogP contribution in [0, 0.1) is 0 Å². The average Bonchev–Trinajstić information content (AvgIpc) is 2.61. The third-order valence-electron chi connectivity index (χ3n) is 3.22. The second-order valence-corrected chi connectivity index (χ2v) is 6.23. The van der Waals surface area contributed by atoms with Crippen LogP contribution < -0.4 is 10.5 Å². The maximum Gasteiger partial charge on any atom is 0.180 e. The van der Waals surface area contributed by atoms with E-state index in [4.69, 9.17) is 10.5 Å². The van der Waals surface area contributed by atoms with Crippen LogP contribution in [0.4, 0.5) is 0 Å². The highest BCUT2D eigenvalue weighted by Gasteiger charge is 1.97. The van der Waals surface area contributed by atoms with E-state index in [2.05, 4.69) is 29.3 Å². The minimum absolute atomic E-state index is 0.449. The molecule has 2 rings (SSSR count). The Morgan fingerprint density at radius 3 is 2.79 bits per heavy atom. The number of rotatable bonds is 8. The minimum Gasteiger partial charge on any atom is -0.494 e. The van der Waals surface area contributed by atoms with Crippen molar-refractivity contribution in [1.29, 1.82) is 0 Å². The second kappa shape index (κ2) is 10.5. The fourth-order valence-electron chi connectivity index (χ4n) is 1.93. The lowest BCUT2D eigenvalue weighted by Gasteiger charge is -2.05. The van der Waals surface area contributed by atoms with Crippen molar-refractivity contribution in [3.8, 4) is 5.75 Å². The first-order valence-electron chi connectivity index (χ1n) is 8.04. The molecule has 0 spiro atoms. The number of amidine groups is 1. The fourth-order valence-corrected chi connectivity index (χ4v) is 2.54. The first-order chi connectivity index (χ1) is 11.8. The molecule has 0 atom stereocenters. The predicted molar refractivity (Wildman–Crippen MR) is 104 cm³/mol. The van der Waals surface area contributed by atoms with E-state index < -0.39 is 0 Å². The van der Waals surface area contributed by atoms with E-state index in [1.165, 1.54) is 17.3 Å². The molecule has 0 radical (unpaired) electrons. The highest BCUT2D eigenvalue weighted by molar-refractivity contribution is 8.13. The summed E-state index contributed by atoms with van der Waals surface area (Å²) in [5, 5.41) is 8.53. The number of ether oxygens (including phenoxy) is 1. The van der Waals surface area contributed by atoms with E-state index in [0.717, 1.165) is 36.5 Å². The first-order valence-corrected chi connectivity index (χ1v) is 9.02. The smallest absolute Gasteiger partial charge is 0.180 e. The van der Waals surface area contributed by atoms with Gasteiger partial charge in [0, 0.05) is 5.75 Å². The van der Waals surface area contributed by atoms with Crippen LogP contribution >= 0.6 is 11.8 Å². The third-order valence-corrected chi connectivity index (χ3v) is 4.07. The summed E-state index contributed by atoms with van der Waals surface area (Å²) in [5.74, 6) is 1.63. The molecule has 0 aromatic heterocycles. The summed E-state index contributed by atoms with van der Waals surface area (Å²) in [4.78, 5) is 0. The molecule has 0 unspecified atom stereocenters. The Morgan fingerprint density at radius 1 is 1.17 bits per heavy atom. The van der Waals surface area contributed by atoms with E-state index in [9.17, 15) is 0 Å². The Kier molecular flexibility index (Phi) is 7.90. The number of unbranched alkanes of at least 4 members (excludes halogenated alkanes) is 1. The van der Waals surface area contributed by atoms with Crippen LogP contribution in [0.25, 0.3) is 0 Å². The van der Waals surface area contributed by atoms with Crippen molar-refractivity contribution in [3.63, 3.8) is 0 Å². The van der Waals surface area contributed by atoms with E-state index in [1.54, 1.807) is 6.21 Å². The van der Waals surface area contributed by atoms with Crippen LogP contribution in [0.2, 0.25) is 0 Å². The molecular weight excluding hydrogens is 318 g/mol. The van der Waals surface area contributed by atoms with Gasteiger partial charge >= 0.3 is 0 Å². The van der Waals surface area contributed by atoms with Gasteiger partial charge in [-0.2, -0.15) is 5.10 Å². The molecule has 2 aromatic carbocycles. The molecule has 0 bridgehead atoms. The van der Waals surface area contributed by atoms with Crippen LogP contribution in [0.3, 0.4) is 0 Å². The summed E-state index contributed by atoms with van der Waals surface area (Å²) in [6.45, 7) is 2.88. The molecule has 0 saturated carbocycles. The maximum absolute atomic E-state index is 5.87. The Morgan fingerprint density at radius 2 is 2.00 bits per heavy atom. The third kappa shape index (κ3) is 6.87. The monoisotopic (exact) mass is 341 g/mol. The Labute approximate surface area is 147 Å². The molecule has 0 aliphatic heterocycles. The average molecular weight is 341 g/mol. The molecule has 24 heavy (non-hydrogen) atoms. The van der Waals surface area contributed by atoms with Gasteiger partial charge in [-0.05, 0) is 29.7 Å². The van der Waals surface area contributed by atoms with E-state index >= 15 is 0 Å². The van der Waals surface area contributed by atoms with Gasteiger partial charge in [-0.25, -0.2) is 0 Å². The summed E-state index contributed by atoms with van der Waals surface area (Å²) in [6, 6.07) is 17.9. The number of nitrogens with two attached hydrogens (primary N) is 1. The summed E-state index contributed by atoms with van der Waals surface area (Å²) >= 11 is 1.47. The van der Waals surface area contributed by atoms with E-state index in [1.807, 2.05) is 42.5 Å². The summed E-state index contributed by atoms with van der Waals surface area (Å²) in [7, 11) is 0.